The molecule has 2 aliphatic rings. The lowest BCUT2D eigenvalue weighted by molar-refractivity contribution is -0.139. The van der Waals surface area contributed by atoms with Gasteiger partial charge in [0.1, 0.15) is 0 Å². The zero-order valence-corrected chi connectivity index (χ0v) is 13.7. The minimum atomic E-state index is -4.40. The van der Waals surface area contributed by atoms with Gasteiger partial charge in [0.25, 0.3) is 0 Å². The van der Waals surface area contributed by atoms with E-state index in [1.807, 2.05) is 4.90 Å². The highest BCUT2D eigenvalue weighted by Crippen LogP contribution is 2.37. The third-order valence-electron chi connectivity index (χ3n) is 5.28. The van der Waals surface area contributed by atoms with Gasteiger partial charge in [-0.05, 0) is 44.9 Å². The molecule has 2 saturated heterocycles. The van der Waals surface area contributed by atoms with Crippen molar-refractivity contribution in [2.45, 2.75) is 50.6 Å². The minimum Gasteiger partial charge on any atom is -0.390 e. The Balaban J connectivity index is 1.80. The number of aliphatic hydroxyl groups is 1. The van der Waals surface area contributed by atoms with E-state index in [1.165, 1.54) is 12.3 Å². The first-order chi connectivity index (χ1) is 11.3. The monoisotopic (exact) mass is 344 g/mol. The molecule has 0 aromatic carbocycles. The average molecular weight is 344 g/mol. The second-order valence-corrected chi connectivity index (χ2v) is 6.96. The molecule has 0 spiro atoms. The van der Waals surface area contributed by atoms with Crippen LogP contribution in [0.1, 0.15) is 37.4 Å². The summed E-state index contributed by atoms with van der Waals surface area (Å²) in [5.74, 6) is -0.0909. The van der Waals surface area contributed by atoms with Crippen molar-refractivity contribution in [1.29, 1.82) is 0 Å². The van der Waals surface area contributed by atoms with Crippen molar-refractivity contribution in [3.63, 3.8) is 0 Å². The summed E-state index contributed by atoms with van der Waals surface area (Å²) in [7, 11) is 0. The number of alkyl halides is 3. The number of likely N-dealkylation sites (tertiary alicyclic amines) is 1. The lowest BCUT2D eigenvalue weighted by Crippen LogP contribution is -2.52. The van der Waals surface area contributed by atoms with E-state index in [9.17, 15) is 18.3 Å². The largest absolute Gasteiger partial charge is 0.418 e. The van der Waals surface area contributed by atoms with Crippen molar-refractivity contribution >= 4 is 0 Å². The molecule has 1 N–H and O–H groups in total. The first-order valence-electron chi connectivity index (χ1n) is 8.34. The van der Waals surface area contributed by atoms with Crippen LogP contribution in [-0.4, -0.2) is 46.4 Å². The summed E-state index contributed by atoms with van der Waals surface area (Å²) in [4.78, 5) is 5.99. The van der Waals surface area contributed by atoms with Gasteiger partial charge in [-0.1, -0.05) is 0 Å². The first-order valence-corrected chi connectivity index (χ1v) is 8.34. The molecule has 134 valence electrons. The van der Waals surface area contributed by atoms with Gasteiger partial charge in [-0.3, -0.25) is 9.88 Å². The molecule has 0 unspecified atom stereocenters. The standard InChI is InChI=1S/C17H23F3N2O2/c1-16(23)6-9-24-11-13(16)15-5-3-8-22(15)10-14-12(17(18,19)20)4-2-7-21-14/h2,4,7,13,15,23H,3,5-6,8-11H2,1H3/t13-,15+,16-/m0/s1. The number of hydrogen-bond donors (Lipinski definition) is 1. The van der Waals surface area contributed by atoms with Crippen LogP contribution < -0.4 is 0 Å². The van der Waals surface area contributed by atoms with Gasteiger partial charge in [-0.25, -0.2) is 0 Å². The number of halogens is 3. The molecule has 24 heavy (non-hydrogen) atoms. The van der Waals surface area contributed by atoms with Gasteiger partial charge < -0.3 is 9.84 Å². The number of pyridine rings is 1. The van der Waals surface area contributed by atoms with Gasteiger partial charge in [-0.15, -0.1) is 0 Å². The highest BCUT2D eigenvalue weighted by Gasteiger charge is 2.44. The Morgan fingerprint density at radius 3 is 2.96 bits per heavy atom. The Labute approximate surface area is 139 Å². The molecule has 2 aliphatic heterocycles. The van der Waals surface area contributed by atoms with Crippen LogP contribution >= 0.6 is 0 Å². The van der Waals surface area contributed by atoms with Gasteiger partial charge in [0, 0.05) is 31.3 Å². The predicted molar refractivity (Wildman–Crippen MR) is 82.2 cm³/mol. The second-order valence-electron chi connectivity index (χ2n) is 6.96. The third kappa shape index (κ3) is 3.58. The smallest absolute Gasteiger partial charge is 0.390 e. The predicted octanol–water partition coefficient (Wildman–Crippen LogP) is 2.85. The molecule has 0 saturated carbocycles. The van der Waals surface area contributed by atoms with E-state index in [1.54, 1.807) is 6.92 Å². The maximum atomic E-state index is 13.2. The lowest BCUT2D eigenvalue weighted by atomic mass is 9.79. The second kappa shape index (κ2) is 6.61. The highest BCUT2D eigenvalue weighted by atomic mass is 19.4. The van der Waals surface area contributed by atoms with Gasteiger partial charge in [0.15, 0.2) is 0 Å². The summed E-state index contributed by atoms with van der Waals surface area (Å²) in [6.07, 6.45) is -0.684. The third-order valence-corrected chi connectivity index (χ3v) is 5.28. The molecule has 1 aromatic heterocycles. The van der Waals surface area contributed by atoms with E-state index in [0.717, 1.165) is 18.9 Å². The zero-order valence-electron chi connectivity index (χ0n) is 13.7. The topological polar surface area (TPSA) is 45.6 Å². The minimum absolute atomic E-state index is 0.0170. The lowest BCUT2D eigenvalue weighted by Gasteiger charge is -2.43. The van der Waals surface area contributed by atoms with E-state index in [0.29, 0.717) is 26.2 Å². The Bertz CT molecular complexity index is 577. The van der Waals surface area contributed by atoms with E-state index in [4.69, 9.17) is 4.74 Å². The van der Waals surface area contributed by atoms with Crippen LogP contribution in [0.2, 0.25) is 0 Å². The van der Waals surface area contributed by atoms with Crippen molar-refractivity contribution in [2.75, 3.05) is 19.8 Å². The van der Waals surface area contributed by atoms with Crippen LogP contribution in [0.15, 0.2) is 18.3 Å². The number of rotatable bonds is 3. The van der Waals surface area contributed by atoms with E-state index < -0.39 is 17.3 Å². The molecular formula is C17H23F3N2O2. The molecule has 3 atom stereocenters. The quantitative estimate of drug-likeness (QED) is 0.916. The van der Waals surface area contributed by atoms with Crippen molar-refractivity contribution in [3.8, 4) is 0 Å². The molecular weight excluding hydrogens is 321 g/mol. The van der Waals surface area contributed by atoms with Crippen LogP contribution in [0.3, 0.4) is 0 Å². The average Bonchev–Trinajstić information content (AvgIpc) is 2.94. The maximum Gasteiger partial charge on any atom is 0.418 e. The molecule has 0 bridgehead atoms. The normalized spacial score (nSPS) is 32.2. The molecule has 4 nitrogen and oxygen atoms in total. The molecule has 1 aromatic rings. The van der Waals surface area contributed by atoms with Gasteiger partial charge in [0.2, 0.25) is 0 Å². The Morgan fingerprint density at radius 1 is 1.46 bits per heavy atom. The van der Waals surface area contributed by atoms with Crippen LogP contribution in [0.25, 0.3) is 0 Å². The van der Waals surface area contributed by atoms with Gasteiger partial charge >= 0.3 is 6.18 Å². The van der Waals surface area contributed by atoms with Crippen molar-refractivity contribution < 1.29 is 23.0 Å². The van der Waals surface area contributed by atoms with Crippen LogP contribution in [0, 0.1) is 5.92 Å². The molecule has 3 rings (SSSR count). The fourth-order valence-electron chi connectivity index (χ4n) is 3.90. The summed E-state index contributed by atoms with van der Waals surface area (Å²) in [6.45, 7) is 3.63. The number of hydrogen-bond acceptors (Lipinski definition) is 4. The summed E-state index contributed by atoms with van der Waals surface area (Å²) < 4.78 is 45.1. The van der Waals surface area contributed by atoms with Crippen LogP contribution in [0.4, 0.5) is 13.2 Å². The number of ether oxygens (including phenoxy) is 1. The Morgan fingerprint density at radius 2 is 2.25 bits per heavy atom. The van der Waals surface area contributed by atoms with Crippen LogP contribution in [0.5, 0.6) is 0 Å². The first kappa shape index (κ1) is 17.6. The number of nitrogens with zero attached hydrogens (tertiary/aromatic N) is 2. The Hall–Kier alpha value is -1.18. The van der Waals surface area contributed by atoms with Gasteiger partial charge in [-0.2, -0.15) is 13.2 Å². The highest BCUT2D eigenvalue weighted by molar-refractivity contribution is 5.23. The molecule has 0 radical (unpaired) electrons. The summed E-state index contributed by atoms with van der Waals surface area (Å²) in [5, 5.41) is 10.7. The Kier molecular flexibility index (Phi) is 4.86. The molecule has 0 aliphatic carbocycles. The SMILES string of the molecule is C[C@]1(O)CCOC[C@H]1[C@H]1CCCN1Cc1ncccc1C(F)(F)F. The van der Waals surface area contributed by atoms with E-state index in [2.05, 4.69) is 4.98 Å². The molecule has 3 heterocycles. The van der Waals surface area contributed by atoms with Gasteiger partial charge in [0.05, 0.1) is 23.5 Å². The zero-order chi connectivity index (χ0) is 17.4. The summed E-state index contributed by atoms with van der Waals surface area (Å²) >= 11 is 0. The van der Waals surface area contributed by atoms with Crippen molar-refractivity contribution in [2.24, 2.45) is 5.92 Å². The van der Waals surface area contributed by atoms with E-state index >= 15 is 0 Å². The molecule has 0 amide bonds. The fourth-order valence-corrected chi connectivity index (χ4v) is 3.90. The van der Waals surface area contributed by atoms with Crippen molar-refractivity contribution in [1.82, 2.24) is 9.88 Å². The maximum absolute atomic E-state index is 13.2. The molecule has 2 fully saturated rings. The summed E-state index contributed by atoms with van der Waals surface area (Å²) in [5.41, 5.74) is -1.47. The fraction of sp³-hybridized carbons (Fsp3) is 0.706. The number of aromatic nitrogens is 1. The van der Waals surface area contributed by atoms with Crippen molar-refractivity contribution in [3.05, 3.63) is 29.6 Å². The summed E-state index contributed by atoms with van der Waals surface area (Å²) in [6, 6.07) is 2.41. The van der Waals surface area contributed by atoms with Crippen LogP contribution in [-0.2, 0) is 17.5 Å². The van der Waals surface area contributed by atoms with E-state index in [-0.39, 0.29) is 24.2 Å². The molecule has 7 heteroatoms.